The Morgan fingerprint density at radius 1 is 1.33 bits per heavy atom. The molecule has 2 aromatic rings. The van der Waals surface area contributed by atoms with Crippen LogP contribution >= 0.6 is 11.6 Å². The fourth-order valence-corrected chi connectivity index (χ4v) is 2.26. The van der Waals surface area contributed by atoms with Gasteiger partial charge in [-0.1, -0.05) is 29.8 Å². The molecule has 0 spiro atoms. The summed E-state index contributed by atoms with van der Waals surface area (Å²) >= 11 is 6.17. The van der Waals surface area contributed by atoms with Crippen LogP contribution in [0.1, 0.15) is 34.6 Å². The second kappa shape index (κ2) is 7.20. The number of hydrogen-bond acceptors (Lipinski definition) is 4. The van der Waals surface area contributed by atoms with E-state index < -0.39 is 0 Å². The predicted molar refractivity (Wildman–Crippen MR) is 82.3 cm³/mol. The highest BCUT2D eigenvalue weighted by atomic mass is 35.5. The smallest absolute Gasteiger partial charge is 0.339 e. The van der Waals surface area contributed by atoms with Gasteiger partial charge in [0.25, 0.3) is 0 Å². The molecular formula is C16H17ClN2O2. The number of pyridine rings is 1. The fourth-order valence-electron chi connectivity index (χ4n) is 1.96. The molecule has 2 rings (SSSR count). The van der Waals surface area contributed by atoms with Crippen LogP contribution in [0.2, 0.25) is 5.02 Å². The van der Waals surface area contributed by atoms with E-state index >= 15 is 0 Å². The summed E-state index contributed by atoms with van der Waals surface area (Å²) in [4.78, 5) is 15.6. The number of hydrogen-bond donors (Lipinski definition) is 1. The number of carbonyl (C=O) groups excluding carboxylic acids is 1. The molecule has 21 heavy (non-hydrogen) atoms. The Kier molecular flexibility index (Phi) is 5.31. The van der Waals surface area contributed by atoms with Gasteiger partial charge in [-0.05, 0) is 30.7 Å². The van der Waals surface area contributed by atoms with Gasteiger partial charge in [0.05, 0.1) is 18.4 Å². The topological polar surface area (TPSA) is 51.2 Å². The van der Waals surface area contributed by atoms with Gasteiger partial charge in [-0.3, -0.25) is 4.98 Å². The van der Waals surface area contributed by atoms with E-state index in [1.54, 1.807) is 12.1 Å². The van der Waals surface area contributed by atoms with E-state index in [9.17, 15) is 4.79 Å². The molecule has 0 aliphatic carbocycles. The van der Waals surface area contributed by atoms with Crippen molar-refractivity contribution in [3.05, 3.63) is 64.4 Å². The number of rotatable bonds is 5. The molecule has 4 nitrogen and oxygen atoms in total. The average Bonchev–Trinajstić information content (AvgIpc) is 2.52. The van der Waals surface area contributed by atoms with Crippen LogP contribution in [0.25, 0.3) is 0 Å². The molecule has 1 aromatic heterocycles. The molecular weight excluding hydrogens is 288 g/mol. The molecule has 0 unspecified atom stereocenters. The summed E-state index contributed by atoms with van der Waals surface area (Å²) in [5.74, 6) is -0.383. The molecule has 0 bridgehead atoms. The van der Waals surface area contributed by atoms with Gasteiger partial charge in [-0.15, -0.1) is 0 Å². The Balaban J connectivity index is 1.97. The molecule has 1 N–H and O–H groups in total. The van der Waals surface area contributed by atoms with Gasteiger partial charge in [0.1, 0.15) is 0 Å². The fraction of sp³-hybridized carbons (Fsp3) is 0.250. The SMILES string of the molecule is COC(=O)c1ccc(CN[C@@H](C)c2ccccc2Cl)nc1. The van der Waals surface area contributed by atoms with Gasteiger partial charge in [0.15, 0.2) is 0 Å². The molecule has 1 atom stereocenters. The van der Waals surface area contributed by atoms with E-state index in [-0.39, 0.29) is 12.0 Å². The molecule has 1 heterocycles. The van der Waals surface area contributed by atoms with Crippen LogP contribution in [0.3, 0.4) is 0 Å². The van der Waals surface area contributed by atoms with E-state index in [1.165, 1.54) is 13.3 Å². The van der Waals surface area contributed by atoms with Gasteiger partial charge < -0.3 is 10.1 Å². The van der Waals surface area contributed by atoms with E-state index in [2.05, 4.69) is 15.0 Å². The van der Waals surface area contributed by atoms with Crippen LogP contribution in [0, 0.1) is 0 Å². The molecule has 5 heteroatoms. The average molecular weight is 305 g/mol. The van der Waals surface area contributed by atoms with Crippen molar-refractivity contribution >= 4 is 17.6 Å². The van der Waals surface area contributed by atoms with Crippen molar-refractivity contribution in [2.45, 2.75) is 19.5 Å². The minimum Gasteiger partial charge on any atom is -0.465 e. The quantitative estimate of drug-likeness (QED) is 0.861. The maximum Gasteiger partial charge on any atom is 0.339 e. The second-order valence-electron chi connectivity index (χ2n) is 4.65. The maximum atomic E-state index is 11.3. The summed E-state index contributed by atoms with van der Waals surface area (Å²) in [6.07, 6.45) is 1.52. The lowest BCUT2D eigenvalue weighted by molar-refractivity contribution is 0.0600. The summed E-state index contributed by atoms with van der Waals surface area (Å²) in [6.45, 7) is 2.64. The summed E-state index contributed by atoms with van der Waals surface area (Å²) < 4.78 is 4.64. The molecule has 0 fully saturated rings. The van der Waals surface area contributed by atoms with E-state index in [4.69, 9.17) is 11.6 Å². The van der Waals surface area contributed by atoms with Crippen molar-refractivity contribution in [1.82, 2.24) is 10.3 Å². The number of aromatic nitrogens is 1. The van der Waals surface area contributed by atoms with Gasteiger partial charge in [-0.25, -0.2) is 4.79 Å². The van der Waals surface area contributed by atoms with Crippen LogP contribution in [-0.4, -0.2) is 18.1 Å². The highest BCUT2D eigenvalue weighted by molar-refractivity contribution is 6.31. The molecule has 0 amide bonds. The zero-order valence-corrected chi connectivity index (χ0v) is 12.7. The Bertz CT molecular complexity index is 614. The Hall–Kier alpha value is -1.91. The number of halogens is 1. The Morgan fingerprint density at radius 3 is 2.71 bits per heavy atom. The number of nitrogens with zero attached hydrogens (tertiary/aromatic N) is 1. The minimum absolute atomic E-state index is 0.112. The van der Waals surface area contributed by atoms with Crippen LogP contribution in [-0.2, 0) is 11.3 Å². The van der Waals surface area contributed by atoms with Crippen molar-refractivity contribution < 1.29 is 9.53 Å². The molecule has 0 saturated carbocycles. The van der Waals surface area contributed by atoms with Gasteiger partial charge in [0.2, 0.25) is 0 Å². The number of ether oxygens (including phenoxy) is 1. The first-order chi connectivity index (χ1) is 10.1. The van der Waals surface area contributed by atoms with Gasteiger partial charge in [0, 0.05) is 23.8 Å². The maximum absolute atomic E-state index is 11.3. The monoisotopic (exact) mass is 304 g/mol. The van der Waals surface area contributed by atoms with Crippen molar-refractivity contribution in [2.24, 2.45) is 0 Å². The third-order valence-corrected chi connectivity index (χ3v) is 3.55. The predicted octanol–water partition coefficient (Wildman–Crippen LogP) is 3.37. The Morgan fingerprint density at radius 2 is 2.10 bits per heavy atom. The van der Waals surface area contributed by atoms with E-state index in [0.29, 0.717) is 12.1 Å². The first-order valence-electron chi connectivity index (χ1n) is 6.63. The lowest BCUT2D eigenvalue weighted by Gasteiger charge is -2.15. The number of benzene rings is 1. The van der Waals surface area contributed by atoms with Crippen LogP contribution < -0.4 is 5.32 Å². The largest absolute Gasteiger partial charge is 0.465 e. The zero-order valence-electron chi connectivity index (χ0n) is 12.0. The normalized spacial score (nSPS) is 12.0. The molecule has 110 valence electrons. The molecule has 0 saturated heterocycles. The number of nitrogens with one attached hydrogen (secondary N) is 1. The first-order valence-corrected chi connectivity index (χ1v) is 7.00. The van der Waals surface area contributed by atoms with E-state index in [0.717, 1.165) is 16.3 Å². The third kappa shape index (κ3) is 4.03. The molecule has 1 aromatic carbocycles. The Labute approximate surface area is 129 Å². The molecule has 0 radical (unpaired) electrons. The number of carbonyl (C=O) groups is 1. The highest BCUT2D eigenvalue weighted by Gasteiger charge is 2.09. The van der Waals surface area contributed by atoms with E-state index in [1.807, 2.05) is 31.2 Å². The highest BCUT2D eigenvalue weighted by Crippen LogP contribution is 2.22. The summed E-state index contributed by atoms with van der Waals surface area (Å²) in [5.41, 5.74) is 2.34. The van der Waals surface area contributed by atoms with Crippen molar-refractivity contribution in [2.75, 3.05) is 7.11 Å². The van der Waals surface area contributed by atoms with Crippen molar-refractivity contribution in [1.29, 1.82) is 0 Å². The van der Waals surface area contributed by atoms with Crippen LogP contribution in [0.15, 0.2) is 42.6 Å². The first kappa shape index (κ1) is 15.5. The van der Waals surface area contributed by atoms with Crippen molar-refractivity contribution in [3.8, 4) is 0 Å². The summed E-state index contributed by atoms with van der Waals surface area (Å²) in [6, 6.07) is 11.4. The standard InChI is InChI=1S/C16H17ClN2O2/c1-11(14-5-3-4-6-15(14)17)18-10-13-8-7-12(9-19-13)16(20)21-2/h3-9,11,18H,10H2,1-2H3/t11-/m0/s1. The lowest BCUT2D eigenvalue weighted by atomic mass is 10.1. The molecule has 0 aliphatic heterocycles. The zero-order chi connectivity index (χ0) is 15.2. The number of methoxy groups -OCH3 is 1. The van der Waals surface area contributed by atoms with Crippen molar-refractivity contribution in [3.63, 3.8) is 0 Å². The van der Waals surface area contributed by atoms with Crippen LogP contribution in [0.5, 0.6) is 0 Å². The second-order valence-corrected chi connectivity index (χ2v) is 5.06. The molecule has 0 aliphatic rings. The van der Waals surface area contributed by atoms with Crippen LogP contribution in [0.4, 0.5) is 0 Å². The summed E-state index contributed by atoms with van der Waals surface area (Å²) in [7, 11) is 1.35. The number of esters is 1. The lowest BCUT2D eigenvalue weighted by Crippen LogP contribution is -2.19. The third-order valence-electron chi connectivity index (χ3n) is 3.21. The minimum atomic E-state index is -0.383. The van der Waals surface area contributed by atoms with Gasteiger partial charge in [-0.2, -0.15) is 0 Å². The summed E-state index contributed by atoms with van der Waals surface area (Å²) in [5, 5.41) is 4.10. The van der Waals surface area contributed by atoms with Gasteiger partial charge >= 0.3 is 5.97 Å².